The number of rotatable bonds is 6. The van der Waals surface area contributed by atoms with Crippen molar-refractivity contribution in [1.82, 2.24) is 14.3 Å². The molecule has 0 bridgehead atoms. The number of carbonyl (C=O) groups excluding carboxylic acids is 1. The molecule has 6 nitrogen and oxygen atoms in total. The summed E-state index contributed by atoms with van der Waals surface area (Å²) in [5.41, 5.74) is 3.60. The van der Waals surface area contributed by atoms with Gasteiger partial charge in [0.2, 0.25) is 0 Å². The minimum atomic E-state index is 0.0296. The number of carbonyl (C=O) groups is 1. The molecule has 1 amide bonds. The summed E-state index contributed by atoms with van der Waals surface area (Å²) in [6, 6.07) is 11.6. The number of aromatic nitrogens is 2. The van der Waals surface area contributed by atoms with E-state index in [1.807, 2.05) is 72.1 Å². The summed E-state index contributed by atoms with van der Waals surface area (Å²) in [5, 5.41) is 0. The second kappa shape index (κ2) is 7.64. The van der Waals surface area contributed by atoms with Gasteiger partial charge in [0.05, 0.1) is 11.8 Å². The van der Waals surface area contributed by atoms with E-state index in [1.54, 1.807) is 7.11 Å². The first-order valence-electron chi connectivity index (χ1n) is 9.51. The fourth-order valence-electron chi connectivity index (χ4n) is 3.54. The topological polar surface area (TPSA) is 56.1 Å². The molecule has 0 unspecified atom stereocenters. The molecule has 1 aliphatic rings. The molecule has 1 fully saturated rings. The summed E-state index contributed by atoms with van der Waals surface area (Å²) in [6.07, 6.45) is 6.03. The molecule has 3 aromatic rings. The Hall–Kier alpha value is -2.86. The largest absolute Gasteiger partial charge is 0.487 e. The third-order valence-corrected chi connectivity index (χ3v) is 5.49. The lowest BCUT2D eigenvalue weighted by Crippen LogP contribution is -2.48. The van der Waals surface area contributed by atoms with E-state index in [2.05, 4.69) is 4.98 Å². The van der Waals surface area contributed by atoms with Gasteiger partial charge in [-0.1, -0.05) is 6.07 Å². The number of nitrogens with zero attached hydrogens (tertiary/aromatic N) is 3. The van der Waals surface area contributed by atoms with Gasteiger partial charge in [-0.2, -0.15) is 0 Å². The second-order valence-corrected chi connectivity index (χ2v) is 7.37. The van der Waals surface area contributed by atoms with Crippen molar-refractivity contribution in [2.75, 3.05) is 14.2 Å². The summed E-state index contributed by atoms with van der Waals surface area (Å²) in [7, 11) is 3.57. The van der Waals surface area contributed by atoms with Crippen LogP contribution in [0.3, 0.4) is 0 Å². The lowest BCUT2D eigenvalue weighted by molar-refractivity contribution is -0.0144. The van der Waals surface area contributed by atoms with E-state index < -0.39 is 0 Å². The summed E-state index contributed by atoms with van der Waals surface area (Å²) >= 11 is 0. The zero-order valence-corrected chi connectivity index (χ0v) is 16.5. The van der Waals surface area contributed by atoms with Gasteiger partial charge >= 0.3 is 0 Å². The van der Waals surface area contributed by atoms with Gasteiger partial charge in [-0.05, 0) is 55.7 Å². The number of imidazole rings is 1. The van der Waals surface area contributed by atoms with E-state index in [0.29, 0.717) is 12.2 Å². The molecule has 28 heavy (non-hydrogen) atoms. The van der Waals surface area contributed by atoms with Crippen molar-refractivity contribution in [3.63, 3.8) is 0 Å². The predicted octanol–water partition coefficient (Wildman–Crippen LogP) is 3.47. The molecule has 1 saturated carbocycles. The maximum atomic E-state index is 12.6. The third kappa shape index (κ3) is 3.60. The van der Waals surface area contributed by atoms with Gasteiger partial charge < -0.3 is 18.8 Å². The van der Waals surface area contributed by atoms with Gasteiger partial charge in [-0.3, -0.25) is 4.79 Å². The number of hydrogen-bond acceptors (Lipinski definition) is 4. The molecular formula is C22H25N3O3. The number of aryl methyl sites for hydroxylation is 1. The van der Waals surface area contributed by atoms with Crippen molar-refractivity contribution in [3.05, 3.63) is 65.6 Å². The quantitative estimate of drug-likeness (QED) is 0.658. The average molecular weight is 379 g/mol. The smallest absolute Gasteiger partial charge is 0.253 e. The van der Waals surface area contributed by atoms with Crippen LogP contribution >= 0.6 is 0 Å². The maximum Gasteiger partial charge on any atom is 0.253 e. The Kier molecular flexibility index (Phi) is 5.05. The van der Waals surface area contributed by atoms with Gasteiger partial charge in [-0.15, -0.1) is 0 Å². The normalized spacial score (nSPS) is 18.7. The molecule has 0 saturated heterocycles. The molecule has 2 heterocycles. The number of benzene rings is 1. The molecule has 0 aliphatic heterocycles. The summed E-state index contributed by atoms with van der Waals surface area (Å²) < 4.78 is 13.1. The highest BCUT2D eigenvalue weighted by molar-refractivity contribution is 5.94. The average Bonchev–Trinajstić information content (AvgIpc) is 3.10. The van der Waals surface area contributed by atoms with Crippen molar-refractivity contribution in [3.8, 4) is 5.75 Å². The second-order valence-electron chi connectivity index (χ2n) is 7.37. The van der Waals surface area contributed by atoms with Crippen LogP contribution in [0.4, 0.5) is 0 Å². The van der Waals surface area contributed by atoms with Gasteiger partial charge in [0.1, 0.15) is 18.0 Å². The van der Waals surface area contributed by atoms with E-state index in [1.165, 1.54) is 0 Å². The first-order valence-corrected chi connectivity index (χ1v) is 9.51. The van der Waals surface area contributed by atoms with Crippen LogP contribution in [0.25, 0.3) is 5.65 Å². The standard InChI is InChI=1S/C22H25N3O3/c1-15-5-4-10-25-13-17(23-21(15)25)14-28-19-8-6-16(7-9-19)22(26)24(2)18-11-20(12-18)27-3/h4-10,13,18,20H,11-12,14H2,1-3H3. The molecule has 4 rings (SSSR count). The molecule has 0 atom stereocenters. The summed E-state index contributed by atoms with van der Waals surface area (Å²) in [5.74, 6) is 0.748. The van der Waals surface area contributed by atoms with Crippen LogP contribution in [0.15, 0.2) is 48.8 Å². The van der Waals surface area contributed by atoms with Crippen molar-refractivity contribution < 1.29 is 14.3 Å². The van der Waals surface area contributed by atoms with Crippen LogP contribution in [0.1, 0.15) is 34.5 Å². The monoisotopic (exact) mass is 379 g/mol. The zero-order chi connectivity index (χ0) is 19.7. The highest BCUT2D eigenvalue weighted by atomic mass is 16.5. The molecule has 146 valence electrons. The molecule has 0 radical (unpaired) electrons. The molecule has 0 N–H and O–H groups in total. The fraction of sp³-hybridized carbons (Fsp3) is 0.364. The number of methoxy groups -OCH3 is 1. The first kappa shape index (κ1) is 18.5. The molecule has 1 aliphatic carbocycles. The third-order valence-electron chi connectivity index (χ3n) is 5.49. The van der Waals surface area contributed by atoms with Crippen LogP contribution in [0, 0.1) is 6.92 Å². The Morgan fingerprint density at radius 2 is 2.00 bits per heavy atom. The minimum Gasteiger partial charge on any atom is -0.487 e. The predicted molar refractivity (Wildman–Crippen MR) is 107 cm³/mol. The van der Waals surface area contributed by atoms with Gasteiger partial charge in [0.15, 0.2) is 0 Å². The Morgan fingerprint density at radius 1 is 1.25 bits per heavy atom. The van der Waals surface area contributed by atoms with Crippen LogP contribution in [0.2, 0.25) is 0 Å². The van der Waals surface area contributed by atoms with Crippen LogP contribution in [0.5, 0.6) is 5.75 Å². The maximum absolute atomic E-state index is 12.6. The van der Waals surface area contributed by atoms with Crippen LogP contribution in [-0.2, 0) is 11.3 Å². The van der Waals surface area contributed by atoms with E-state index in [4.69, 9.17) is 9.47 Å². The van der Waals surface area contributed by atoms with Crippen LogP contribution in [-0.4, -0.2) is 46.5 Å². The molecule has 1 aromatic carbocycles. The Labute approximate surface area is 164 Å². The van der Waals surface area contributed by atoms with Crippen LogP contribution < -0.4 is 4.74 Å². The Bertz CT molecular complexity index is 974. The van der Waals surface area contributed by atoms with Crippen molar-refractivity contribution >= 4 is 11.6 Å². The summed E-state index contributed by atoms with van der Waals surface area (Å²) in [6.45, 7) is 2.42. The minimum absolute atomic E-state index is 0.0296. The number of pyridine rings is 1. The van der Waals surface area contributed by atoms with E-state index in [-0.39, 0.29) is 18.1 Å². The zero-order valence-electron chi connectivity index (χ0n) is 16.5. The molecular weight excluding hydrogens is 354 g/mol. The number of ether oxygens (including phenoxy) is 2. The lowest BCUT2D eigenvalue weighted by atomic mass is 9.88. The first-order chi connectivity index (χ1) is 13.5. The lowest BCUT2D eigenvalue weighted by Gasteiger charge is -2.40. The van der Waals surface area contributed by atoms with E-state index in [9.17, 15) is 4.79 Å². The Balaban J connectivity index is 1.36. The van der Waals surface area contributed by atoms with Crippen molar-refractivity contribution in [2.45, 2.75) is 38.5 Å². The highest BCUT2D eigenvalue weighted by Gasteiger charge is 2.34. The number of hydrogen-bond donors (Lipinski definition) is 0. The van der Waals surface area contributed by atoms with Gasteiger partial charge in [-0.25, -0.2) is 4.98 Å². The summed E-state index contributed by atoms with van der Waals surface area (Å²) in [4.78, 5) is 19.0. The van der Waals surface area contributed by atoms with Crippen molar-refractivity contribution in [2.24, 2.45) is 0 Å². The van der Waals surface area contributed by atoms with Gasteiger partial charge in [0.25, 0.3) is 5.91 Å². The van der Waals surface area contributed by atoms with E-state index in [0.717, 1.165) is 35.5 Å². The van der Waals surface area contributed by atoms with Gasteiger partial charge in [0, 0.05) is 38.2 Å². The fourth-order valence-corrected chi connectivity index (χ4v) is 3.54. The molecule has 2 aromatic heterocycles. The van der Waals surface area contributed by atoms with E-state index >= 15 is 0 Å². The SMILES string of the molecule is COC1CC(N(C)C(=O)c2ccc(OCc3cn4cccc(C)c4n3)cc2)C1. The number of fused-ring (bicyclic) bond motifs is 1. The Morgan fingerprint density at radius 3 is 2.68 bits per heavy atom. The molecule has 6 heteroatoms. The van der Waals surface area contributed by atoms with Crippen molar-refractivity contribution in [1.29, 1.82) is 0 Å². The number of amides is 1. The highest BCUT2D eigenvalue weighted by Crippen LogP contribution is 2.28. The molecule has 0 spiro atoms.